The molecule has 2 aromatic heterocycles. The van der Waals surface area contributed by atoms with Crippen molar-refractivity contribution in [3.05, 3.63) is 49.8 Å². The summed E-state index contributed by atoms with van der Waals surface area (Å²) >= 11 is 9.08. The van der Waals surface area contributed by atoms with E-state index in [0.717, 1.165) is 33.8 Å². The highest BCUT2D eigenvalue weighted by Crippen LogP contribution is 2.43. The number of benzene rings is 1. The normalized spacial score (nSPS) is 16.0. The number of ether oxygens (including phenoxy) is 1. The van der Waals surface area contributed by atoms with E-state index < -0.39 is 0 Å². The molecular formula is C18H18N2O2S3. The standard InChI is InChI=1S/C18H18N2O2S3/c1-18(2)8-12-13(9-24-18)25-15-14(12)16(21)20(17(23)19-15)10-4-6-11(22-3)7-5-10/h4-7H,8-9H2,1-3H3,(H,19,23). The predicted molar refractivity (Wildman–Crippen MR) is 108 cm³/mol. The van der Waals surface area contributed by atoms with Gasteiger partial charge in [-0.15, -0.1) is 23.1 Å². The molecule has 1 aliphatic rings. The highest BCUT2D eigenvalue weighted by molar-refractivity contribution is 8.00. The number of hydrogen-bond donors (Lipinski definition) is 1. The van der Waals surface area contributed by atoms with Gasteiger partial charge in [-0.05, 0) is 48.5 Å². The zero-order valence-corrected chi connectivity index (χ0v) is 16.7. The van der Waals surface area contributed by atoms with Crippen molar-refractivity contribution in [3.63, 3.8) is 0 Å². The minimum absolute atomic E-state index is 0.0379. The Morgan fingerprint density at radius 2 is 2.00 bits per heavy atom. The van der Waals surface area contributed by atoms with Gasteiger partial charge in [0.25, 0.3) is 5.56 Å². The molecule has 0 unspecified atom stereocenters. The summed E-state index contributed by atoms with van der Waals surface area (Å²) in [5.41, 5.74) is 1.89. The summed E-state index contributed by atoms with van der Waals surface area (Å²) in [6, 6.07) is 7.38. The van der Waals surface area contributed by atoms with E-state index in [9.17, 15) is 4.79 Å². The van der Waals surface area contributed by atoms with Gasteiger partial charge in [0.05, 0.1) is 18.2 Å². The molecule has 1 N–H and O–H groups in total. The Labute approximate surface area is 158 Å². The molecular weight excluding hydrogens is 372 g/mol. The molecule has 3 heterocycles. The number of nitrogens with zero attached hydrogens (tertiary/aromatic N) is 1. The minimum Gasteiger partial charge on any atom is -0.497 e. The van der Waals surface area contributed by atoms with Gasteiger partial charge in [0.15, 0.2) is 4.77 Å². The maximum absolute atomic E-state index is 13.3. The quantitative estimate of drug-likeness (QED) is 0.645. The summed E-state index contributed by atoms with van der Waals surface area (Å²) in [7, 11) is 1.62. The average Bonchev–Trinajstić information content (AvgIpc) is 2.91. The predicted octanol–water partition coefficient (Wildman–Crippen LogP) is 4.69. The third-order valence-corrected chi connectivity index (χ3v) is 7.43. The molecule has 4 rings (SSSR count). The van der Waals surface area contributed by atoms with Gasteiger partial charge in [0, 0.05) is 15.4 Å². The molecule has 1 aromatic carbocycles. The van der Waals surface area contributed by atoms with Crippen LogP contribution in [0.4, 0.5) is 0 Å². The van der Waals surface area contributed by atoms with Gasteiger partial charge in [0.1, 0.15) is 10.6 Å². The van der Waals surface area contributed by atoms with Crippen LogP contribution in [0.25, 0.3) is 15.9 Å². The largest absolute Gasteiger partial charge is 0.497 e. The molecule has 0 bridgehead atoms. The molecule has 130 valence electrons. The fraction of sp³-hybridized carbons (Fsp3) is 0.333. The third-order valence-electron chi connectivity index (χ3n) is 4.46. The molecule has 0 spiro atoms. The zero-order chi connectivity index (χ0) is 17.8. The molecule has 0 atom stereocenters. The van der Waals surface area contributed by atoms with Gasteiger partial charge in [0.2, 0.25) is 0 Å². The van der Waals surface area contributed by atoms with Gasteiger partial charge in [-0.25, -0.2) is 0 Å². The number of hydrogen-bond acceptors (Lipinski definition) is 5. The fourth-order valence-corrected chi connectivity index (χ4v) is 5.90. The van der Waals surface area contributed by atoms with Crippen LogP contribution in [0, 0.1) is 4.77 Å². The van der Waals surface area contributed by atoms with Gasteiger partial charge in [-0.2, -0.15) is 0 Å². The lowest BCUT2D eigenvalue weighted by Crippen LogP contribution is -2.25. The SMILES string of the molecule is COc1ccc(-n2c(=S)[nH]c3sc4c(c3c2=O)CC(C)(C)SC4)cc1. The topological polar surface area (TPSA) is 47.0 Å². The zero-order valence-electron chi connectivity index (χ0n) is 14.2. The van der Waals surface area contributed by atoms with Crippen LogP contribution in [0.2, 0.25) is 0 Å². The van der Waals surface area contributed by atoms with Crippen molar-refractivity contribution in [2.24, 2.45) is 0 Å². The van der Waals surface area contributed by atoms with Gasteiger partial charge >= 0.3 is 0 Å². The van der Waals surface area contributed by atoms with E-state index >= 15 is 0 Å². The molecule has 25 heavy (non-hydrogen) atoms. The molecule has 1 aliphatic heterocycles. The van der Waals surface area contributed by atoms with E-state index in [2.05, 4.69) is 18.8 Å². The van der Waals surface area contributed by atoms with Crippen molar-refractivity contribution in [1.29, 1.82) is 0 Å². The maximum atomic E-state index is 13.3. The summed E-state index contributed by atoms with van der Waals surface area (Å²) in [5.74, 6) is 1.70. The lowest BCUT2D eigenvalue weighted by atomic mass is 10.00. The van der Waals surface area contributed by atoms with Crippen LogP contribution < -0.4 is 10.3 Å². The molecule has 0 fully saturated rings. The number of fused-ring (bicyclic) bond motifs is 3. The maximum Gasteiger partial charge on any atom is 0.267 e. The number of H-pyrrole nitrogens is 1. The molecule has 0 radical (unpaired) electrons. The van der Waals surface area contributed by atoms with Crippen LogP contribution >= 0.6 is 35.3 Å². The molecule has 0 saturated carbocycles. The number of thioether (sulfide) groups is 1. The molecule has 3 aromatic rings. The number of aromatic nitrogens is 2. The summed E-state index contributed by atoms with van der Waals surface area (Å²) in [6.45, 7) is 4.47. The van der Waals surface area contributed by atoms with Crippen molar-refractivity contribution in [2.75, 3.05) is 7.11 Å². The van der Waals surface area contributed by atoms with Gasteiger partial charge in [-0.3, -0.25) is 9.36 Å². The van der Waals surface area contributed by atoms with Crippen LogP contribution in [0.15, 0.2) is 29.1 Å². The number of aromatic amines is 1. The highest BCUT2D eigenvalue weighted by Gasteiger charge is 2.30. The van der Waals surface area contributed by atoms with Crippen LogP contribution in [0.1, 0.15) is 24.3 Å². The Kier molecular flexibility index (Phi) is 4.05. The molecule has 4 nitrogen and oxygen atoms in total. The summed E-state index contributed by atoms with van der Waals surface area (Å²) in [4.78, 5) is 18.7. The lowest BCUT2D eigenvalue weighted by Gasteiger charge is -2.28. The number of thiophene rings is 1. The number of nitrogens with one attached hydrogen (secondary N) is 1. The number of methoxy groups -OCH3 is 1. The first-order valence-corrected chi connectivity index (χ1v) is 10.2. The van der Waals surface area contributed by atoms with E-state index in [1.807, 2.05) is 36.0 Å². The highest BCUT2D eigenvalue weighted by atomic mass is 32.2. The first-order valence-electron chi connectivity index (χ1n) is 7.97. The van der Waals surface area contributed by atoms with Crippen LogP contribution in [0.3, 0.4) is 0 Å². The Hall–Kier alpha value is -1.57. The van der Waals surface area contributed by atoms with E-state index in [4.69, 9.17) is 17.0 Å². The number of rotatable bonds is 2. The molecule has 0 aliphatic carbocycles. The van der Waals surface area contributed by atoms with Crippen molar-refractivity contribution in [3.8, 4) is 11.4 Å². The smallest absolute Gasteiger partial charge is 0.267 e. The summed E-state index contributed by atoms with van der Waals surface area (Å²) in [5, 5.41) is 0.790. The first kappa shape index (κ1) is 16.9. The van der Waals surface area contributed by atoms with Crippen LogP contribution in [0.5, 0.6) is 5.75 Å². The van der Waals surface area contributed by atoms with Crippen molar-refractivity contribution < 1.29 is 4.74 Å². The van der Waals surface area contributed by atoms with E-state index in [1.54, 1.807) is 23.0 Å². The summed E-state index contributed by atoms with van der Waals surface area (Å²) < 4.78 is 7.35. The second-order valence-electron chi connectivity index (χ2n) is 6.70. The lowest BCUT2D eigenvalue weighted by molar-refractivity contribution is 0.414. The van der Waals surface area contributed by atoms with E-state index in [-0.39, 0.29) is 10.3 Å². The minimum atomic E-state index is -0.0379. The van der Waals surface area contributed by atoms with E-state index in [0.29, 0.717) is 4.77 Å². The monoisotopic (exact) mass is 390 g/mol. The van der Waals surface area contributed by atoms with Gasteiger partial charge in [-0.1, -0.05) is 13.8 Å². The molecule has 0 amide bonds. The van der Waals surface area contributed by atoms with Crippen molar-refractivity contribution in [2.45, 2.75) is 30.8 Å². The Balaban J connectivity index is 1.97. The van der Waals surface area contributed by atoms with Crippen LogP contribution in [-0.4, -0.2) is 21.4 Å². The van der Waals surface area contributed by atoms with E-state index in [1.165, 1.54) is 10.4 Å². The van der Waals surface area contributed by atoms with Gasteiger partial charge < -0.3 is 9.72 Å². The first-order chi connectivity index (χ1) is 11.9. The Morgan fingerprint density at radius 3 is 2.68 bits per heavy atom. The van der Waals surface area contributed by atoms with Crippen molar-refractivity contribution in [1.82, 2.24) is 9.55 Å². The summed E-state index contributed by atoms with van der Waals surface area (Å²) in [6.07, 6.45) is 0.898. The second-order valence-corrected chi connectivity index (χ2v) is 9.88. The Morgan fingerprint density at radius 1 is 1.28 bits per heavy atom. The Bertz CT molecular complexity index is 1070. The average molecular weight is 391 g/mol. The fourth-order valence-electron chi connectivity index (χ4n) is 3.19. The molecule has 0 saturated heterocycles. The van der Waals surface area contributed by atoms with Crippen LogP contribution in [-0.2, 0) is 12.2 Å². The third kappa shape index (κ3) is 2.84. The van der Waals surface area contributed by atoms with Crippen molar-refractivity contribution >= 4 is 45.5 Å². The second kappa shape index (κ2) is 6.00. The molecule has 7 heteroatoms.